The Hall–Kier alpha value is -2.41. The zero-order chi connectivity index (χ0) is 14.4. The number of nitrogens with one attached hydrogen (secondary N) is 1. The number of anilines is 1. The maximum atomic E-state index is 11.7. The van der Waals surface area contributed by atoms with Gasteiger partial charge < -0.3 is 5.73 Å². The summed E-state index contributed by atoms with van der Waals surface area (Å²) in [6, 6.07) is 8.53. The van der Waals surface area contributed by atoms with Crippen molar-refractivity contribution in [1.29, 1.82) is 0 Å². The van der Waals surface area contributed by atoms with Crippen molar-refractivity contribution in [1.82, 2.24) is 15.3 Å². The number of hydrogen-bond acceptors (Lipinski definition) is 6. The van der Waals surface area contributed by atoms with Crippen LogP contribution in [-0.4, -0.2) is 27.5 Å². The number of nitrogens with two attached hydrogens (primary N) is 1. The fourth-order valence-electron chi connectivity index (χ4n) is 1.41. The standard InChI is InChI=1S/C13H12N4O2S/c14-11-13(16-7-6-15-11)20-8-10(18)17-12(19)9-4-2-1-3-5-9/h1-7H,8H2,(H2,14,15)(H,17,18,19). The highest BCUT2D eigenvalue weighted by Crippen LogP contribution is 2.18. The van der Waals surface area contributed by atoms with E-state index in [0.29, 0.717) is 10.6 Å². The summed E-state index contributed by atoms with van der Waals surface area (Å²) in [4.78, 5) is 31.3. The van der Waals surface area contributed by atoms with Gasteiger partial charge in [0, 0.05) is 18.0 Å². The third kappa shape index (κ3) is 3.79. The molecule has 7 heteroatoms. The molecule has 2 amide bonds. The first-order valence-corrected chi connectivity index (χ1v) is 6.74. The molecule has 0 unspecified atom stereocenters. The molecule has 0 saturated carbocycles. The first-order valence-electron chi connectivity index (χ1n) is 5.75. The van der Waals surface area contributed by atoms with Crippen molar-refractivity contribution in [2.24, 2.45) is 0 Å². The molecule has 2 aromatic rings. The number of hydrogen-bond donors (Lipinski definition) is 2. The fourth-order valence-corrected chi connectivity index (χ4v) is 2.08. The number of aromatic nitrogens is 2. The highest BCUT2D eigenvalue weighted by molar-refractivity contribution is 8.00. The van der Waals surface area contributed by atoms with Crippen LogP contribution < -0.4 is 11.1 Å². The maximum Gasteiger partial charge on any atom is 0.257 e. The zero-order valence-corrected chi connectivity index (χ0v) is 11.3. The number of carbonyl (C=O) groups is 2. The molecule has 0 fully saturated rings. The summed E-state index contributed by atoms with van der Waals surface area (Å²) in [5.74, 6) is -0.529. The summed E-state index contributed by atoms with van der Waals surface area (Å²) in [6.07, 6.45) is 2.96. The van der Waals surface area contributed by atoms with E-state index in [4.69, 9.17) is 5.73 Å². The van der Waals surface area contributed by atoms with E-state index in [1.807, 2.05) is 0 Å². The van der Waals surface area contributed by atoms with Crippen molar-refractivity contribution < 1.29 is 9.59 Å². The lowest BCUT2D eigenvalue weighted by Gasteiger charge is -2.04. The van der Waals surface area contributed by atoms with Crippen molar-refractivity contribution in [2.45, 2.75) is 5.03 Å². The molecule has 0 aliphatic heterocycles. The van der Waals surface area contributed by atoms with Crippen LogP contribution >= 0.6 is 11.8 Å². The number of nitrogens with zero attached hydrogens (tertiary/aromatic N) is 2. The van der Waals surface area contributed by atoms with E-state index >= 15 is 0 Å². The van der Waals surface area contributed by atoms with Gasteiger partial charge in [-0.1, -0.05) is 30.0 Å². The van der Waals surface area contributed by atoms with Crippen LogP contribution in [0.5, 0.6) is 0 Å². The summed E-state index contributed by atoms with van der Waals surface area (Å²) in [7, 11) is 0. The Morgan fingerprint density at radius 1 is 1.15 bits per heavy atom. The van der Waals surface area contributed by atoms with Crippen LogP contribution in [0.2, 0.25) is 0 Å². The largest absolute Gasteiger partial charge is 0.381 e. The number of thioether (sulfide) groups is 1. The summed E-state index contributed by atoms with van der Waals surface area (Å²) < 4.78 is 0. The van der Waals surface area contributed by atoms with Gasteiger partial charge in [-0.3, -0.25) is 14.9 Å². The van der Waals surface area contributed by atoms with E-state index in [2.05, 4.69) is 15.3 Å². The van der Waals surface area contributed by atoms with Crippen molar-refractivity contribution in [2.75, 3.05) is 11.5 Å². The van der Waals surface area contributed by atoms with E-state index in [1.54, 1.807) is 30.3 Å². The van der Waals surface area contributed by atoms with Gasteiger partial charge in [-0.2, -0.15) is 0 Å². The normalized spacial score (nSPS) is 10.0. The Morgan fingerprint density at radius 2 is 1.85 bits per heavy atom. The number of benzene rings is 1. The fraction of sp³-hybridized carbons (Fsp3) is 0.0769. The van der Waals surface area contributed by atoms with Gasteiger partial charge in [-0.05, 0) is 12.1 Å². The van der Waals surface area contributed by atoms with Gasteiger partial charge in [0.1, 0.15) is 5.03 Å². The van der Waals surface area contributed by atoms with Gasteiger partial charge in [-0.25, -0.2) is 9.97 Å². The molecule has 0 aliphatic carbocycles. The smallest absolute Gasteiger partial charge is 0.257 e. The molecule has 2 rings (SSSR count). The molecule has 0 atom stereocenters. The molecular formula is C13H12N4O2S. The van der Waals surface area contributed by atoms with Gasteiger partial charge in [-0.15, -0.1) is 0 Å². The highest BCUT2D eigenvalue weighted by Gasteiger charge is 2.11. The Balaban J connectivity index is 1.87. The summed E-state index contributed by atoms with van der Waals surface area (Å²) in [6.45, 7) is 0. The second kappa shape index (κ2) is 6.67. The molecule has 102 valence electrons. The molecule has 1 aromatic heterocycles. The predicted molar refractivity (Wildman–Crippen MR) is 76.1 cm³/mol. The van der Waals surface area contributed by atoms with Crippen LogP contribution in [0.4, 0.5) is 5.82 Å². The minimum atomic E-state index is -0.427. The topological polar surface area (TPSA) is 98.0 Å². The van der Waals surface area contributed by atoms with Crippen LogP contribution in [0.25, 0.3) is 0 Å². The van der Waals surface area contributed by atoms with Crippen LogP contribution in [0.1, 0.15) is 10.4 Å². The molecule has 0 saturated heterocycles. The lowest BCUT2D eigenvalue weighted by Crippen LogP contribution is -2.31. The number of rotatable bonds is 4. The zero-order valence-electron chi connectivity index (χ0n) is 10.4. The second-order valence-corrected chi connectivity index (χ2v) is 4.74. The van der Waals surface area contributed by atoms with Gasteiger partial charge in [0.2, 0.25) is 5.91 Å². The number of imide groups is 1. The van der Waals surface area contributed by atoms with Crippen LogP contribution in [-0.2, 0) is 4.79 Å². The molecule has 0 radical (unpaired) electrons. The molecule has 0 bridgehead atoms. The van der Waals surface area contributed by atoms with Gasteiger partial charge in [0.15, 0.2) is 5.82 Å². The molecular weight excluding hydrogens is 276 g/mol. The van der Waals surface area contributed by atoms with Crippen LogP contribution in [0.3, 0.4) is 0 Å². The summed E-state index contributed by atoms with van der Waals surface area (Å²) in [5.41, 5.74) is 6.04. The second-order valence-electron chi connectivity index (χ2n) is 3.78. The van der Waals surface area contributed by atoms with E-state index in [-0.39, 0.29) is 11.6 Å². The van der Waals surface area contributed by atoms with Gasteiger partial charge in [0.05, 0.1) is 5.75 Å². The molecule has 0 aliphatic rings. The van der Waals surface area contributed by atoms with Crippen molar-refractivity contribution in [3.63, 3.8) is 0 Å². The Morgan fingerprint density at radius 3 is 2.55 bits per heavy atom. The molecule has 3 N–H and O–H groups in total. The van der Waals surface area contributed by atoms with Crippen molar-refractivity contribution in [3.8, 4) is 0 Å². The van der Waals surface area contributed by atoms with E-state index in [9.17, 15) is 9.59 Å². The van der Waals surface area contributed by atoms with Crippen molar-refractivity contribution >= 4 is 29.4 Å². The molecule has 1 heterocycles. The maximum absolute atomic E-state index is 11.7. The monoisotopic (exact) mass is 288 g/mol. The number of carbonyl (C=O) groups excluding carboxylic acids is 2. The average molecular weight is 288 g/mol. The number of nitrogen functional groups attached to an aromatic ring is 1. The summed E-state index contributed by atoms with van der Waals surface area (Å²) in [5, 5.41) is 2.77. The SMILES string of the molecule is Nc1nccnc1SCC(=O)NC(=O)c1ccccc1. The molecule has 0 spiro atoms. The predicted octanol–water partition coefficient (Wildman–Crippen LogP) is 1.11. The van der Waals surface area contributed by atoms with Crippen molar-refractivity contribution in [3.05, 3.63) is 48.3 Å². The third-order valence-corrected chi connectivity index (χ3v) is 3.31. The minimum absolute atomic E-state index is 0.0431. The third-order valence-electron chi connectivity index (χ3n) is 2.32. The lowest BCUT2D eigenvalue weighted by molar-refractivity contribution is -0.117. The Labute approximate surface area is 119 Å². The van der Waals surface area contributed by atoms with Crippen LogP contribution in [0, 0.1) is 0 Å². The Kier molecular flexibility index (Phi) is 4.67. The lowest BCUT2D eigenvalue weighted by atomic mass is 10.2. The average Bonchev–Trinajstić information content (AvgIpc) is 2.47. The van der Waals surface area contributed by atoms with Crippen LogP contribution in [0.15, 0.2) is 47.8 Å². The summed E-state index contributed by atoms with van der Waals surface area (Å²) >= 11 is 1.13. The van der Waals surface area contributed by atoms with Gasteiger partial charge in [0.25, 0.3) is 5.91 Å². The minimum Gasteiger partial charge on any atom is -0.381 e. The van der Waals surface area contributed by atoms with E-state index in [0.717, 1.165) is 11.8 Å². The quantitative estimate of drug-likeness (QED) is 0.818. The highest BCUT2D eigenvalue weighted by atomic mass is 32.2. The first-order chi connectivity index (χ1) is 9.66. The van der Waals surface area contributed by atoms with E-state index in [1.165, 1.54) is 12.4 Å². The van der Waals surface area contributed by atoms with E-state index < -0.39 is 11.8 Å². The Bertz CT molecular complexity index is 619. The number of amides is 2. The first kappa shape index (κ1) is 14.0. The molecule has 6 nitrogen and oxygen atoms in total. The van der Waals surface area contributed by atoms with Gasteiger partial charge >= 0.3 is 0 Å². The molecule has 1 aromatic carbocycles. The molecule has 20 heavy (non-hydrogen) atoms.